The highest BCUT2D eigenvalue weighted by Crippen LogP contribution is 2.36. The first kappa shape index (κ1) is 20.7. The number of aromatic nitrogens is 2. The summed E-state index contributed by atoms with van der Waals surface area (Å²) in [6, 6.07) is 12.6. The predicted molar refractivity (Wildman–Crippen MR) is 112 cm³/mol. The molecule has 160 valence electrons. The molecule has 1 aliphatic heterocycles. The number of carbonyl (C=O) groups excluding carboxylic acids is 2. The van der Waals surface area contributed by atoms with Crippen molar-refractivity contribution in [1.29, 1.82) is 0 Å². The lowest BCUT2D eigenvalue weighted by molar-refractivity contribution is -0.146. The van der Waals surface area contributed by atoms with Crippen LogP contribution in [0, 0.1) is 0 Å². The van der Waals surface area contributed by atoms with Crippen LogP contribution in [-0.2, 0) is 20.9 Å². The quantitative estimate of drug-likeness (QED) is 0.552. The third-order valence-corrected chi connectivity index (χ3v) is 5.80. The van der Waals surface area contributed by atoms with Crippen LogP contribution in [0.25, 0.3) is 11.4 Å². The Morgan fingerprint density at radius 3 is 2.77 bits per heavy atom. The Hall–Kier alpha value is -3.53. The molecule has 1 unspecified atom stereocenters. The molecule has 0 aliphatic carbocycles. The summed E-state index contributed by atoms with van der Waals surface area (Å²) in [5.41, 5.74) is 1.41. The van der Waals surface area contributed by atoms with E-state index in [2.05, 4.69) is 15.5 Å². The Kier molecular flexibility index (Phi) is 6.08. The van der Waals surface area contributed by atoms with Gasteiger partial charge in [0, 0.05) is 10.5 Å². The van der Waals surface area contributed by atoms with E-state index in [9.17, 15) is 9.59 Å². The van der Waals surface area contributed by atoms with E-state index in [0.29, 0.717) is 22.9 Å². The van der Waals surface area contributed by atoms with E-state index >= 15 is 0 Å². The normalized spacial score (nSPS) is 15.0. The standard InChI is InChI=1S/C21H19N3O6S/c1-27-14-8-7-12(9-15(14)28-2)20-23-18(30-24-20)11-29-19(25)10-17-21(26)22-13-5-3-4-6-16(13)31-17/h3-9,17H,10-11H2,1-2H3,(H,22,26). The summed E-state index contributed by atoms with van der Waals surface area (Å²) >= 11 is 1.34. The largest absolute Gasteiger partial charge is 0.493 e. The van der Waals surface area contributed by atoms with Gasteiger partial charge in [0.05, 0.1) is 31.6 Å². The van der Waals surface area contributed by atoms with Gasteiger partial charge in [-0.3, -0.25) is 9.59 Å². The third kappa shape index (κ3) is 4.64. The lowest BCUT2D eigenvalue weighted by Crippen LogP contribution is -2.31. The number of thioether (sulfide) groups is 1. The molecule has 2 heterocycles. The molecule has 1 aromatic heterocycles. The van der Waals surface area contributed by atoms with Crippen LogP contribution >= 0.6 is 11.8 Å². The number of para-hydroxylation sites is 1. The lowest BCUT2D eigenvalue weighted by Gasteiger charge is -2.23. The van der Waals surface area contributed by atoms with E-state index in [1.54, 1.807) is 25.3 Å². The van der Waals surface area contributed by atoms with Gasteiger partial charge < -0.3 is 24.1 Å². The van der Waals surface area contributed by atoms with E-state index in [1.807, 2.05) is 24.3 Å². The van der Waals surface area contributed by atoms with E-state index in [-0.39, 0.29) is 24.8 Å². The molecule has 1 atom stereocenters. The molecule has 31 heavy (non-hydrogen) atoms. The molecule has 1 N–H and O–H groups in total. The maximum Gasteiger partial charge on any atom is 0.307 e. The average molecular weight is 441 g/mol. The fourth-order valence-corrected chi connectivity index (χ4v) is 4.08. The van der Waals surface area contributed by atoms with Crippen LogP contribution in [0.5, 0.6) is 11.5 Å². The molecule has 0 radical (unpaired) electrons. The van der Waals surface area contributed by atoms with E-state index in [1.165, 1.54) is 18.9 Å². The van der Waals surface area contributed by atoms with Gasteiger partial charge >= 0.3 is 5.97 Å². The highest BCUT2D eigenvalue weighted by atomic mass is 32.2. The fraction of sp³-hybridized carbons (Fsp3) is 0.238. The second-order valence-electron chi connectivity index (χ2n) is 6.54. The van der Waals surface area contributed by atoms with Crippen molar-refractivity contribution in [2.24, 2.45) is 0 Å². The summed E-state index contributed by atoms with van der Waals surface area (Å²) in [6.07, 6.45) is -0.0679. The highest BCUT2D eigenvalue weighted by molar-refractivity contribution is 8.01. The molecule has 4 rings (SSSR count). The second kappa shape index (κ2) is 9.09. The summed E-state index contributed by atoms with van der Waals surface area (Å²) < 4.78 is 20.9. The van der Waals surface area contributed by atoms with Crippen molar-refractivity contribution in [2.75, 3.05) is 19.5 Å². The molecule has 0 saturated carbocycles. The number of rotatable bonds is 7. The molecule has 0 spiro atoms. The van der Waals surface area contributed by atoms with Gasteiger partial charge in [-0.05, 0) is 30.3 Å². The van der Waals surface area contributed by atoms with Crippen molar-refractivity contribution in [3.8, 4) is 22.9 Å². The van der Waals surface area contributed by atoms with Crippen molar-refractivity contribution >= 4 is 29.3 Å². The van der Waals surface area contributed by atoms with Gasteiger partial charge in [-0.15, -0.1) is 11.8 Å². The predicted octanol–water partition coefficient (Wildman–Crippen LogP) is 3.30. The first-order valence-corrected chi connectivity index (χ1v) is 10.2. The SMILES string of the molecule is COc1ccc(-c2noc(COC(=O)CC3Sc4ccccc4NC3=O)n2)cc1OC. The van der Waals surface area contributed by atoms with Crippen LogP contribution in [0.15, 0.2) is 51.9 Å². The topological polar surface area (TPSA) is 113 Å². The molecular formula is C21H19N3O6S. The molecule has 0 fully saturated rings. The minimum Gasteiger partial charge on any atom is -0.493 e. The van der Waals surface area contributed by atoms with Crippen LogP contribution in [0.2, 0.25) is 0 Å². The summed E-state index contributed by atoms with van der Waals surface area (Å²) in [4.78, 5) is 29.6. The van der Waals surface area contributed by atoms with E-state index < -0.39 is 11.2 Å². The fourth-order valence-electron chi connectivity index (χ4n) is 2.99. The minimum atomic E-state index is -0.563. The number of methoxy groups -OCH3 is 2. The number of fused-ring (bicyclic) bond motifs is 1. The van der Waals surface area contributed by atoms with Crippen LogP contribution in [0.1, 0.15) is 12.3 Å². The van der Waals surface area contributed by atoms with Crippen molar-refractivity contribution in [2.45, 2.75) is 23.2 Å². The Morgan fingerprint density at radius 2 is 1.97 bits per heavy atom. The maximum atomic E-state index is 12.2. The van der Waals surface area contributed by atoms with Crippen LogP contribution in [-0.4, -0.2) is 41.5 Å². The van der Waals surface area contributed by atoms with Gasteiger partial charge in [0.25, 0.3) is 5.89 Å². The second-order valence-corrected chi connectivity index (χ2v) is 7.78. The number of carbonyl (C=O) groups is 2. The Bertz CT molecular complexity index is 1120. The molecule has 3 aromatic rings. The number of esters is 1. The number of nitrogens with zero attached hydrogens (tertiary/aromatic N) is 2. The number of benzene rings is 2. The van der Waals surface area contributed by atoms with E-state index in [0.717, 1.165) is 10.6 Å². The van der Waals surface area contributed by atoms with Crippen molar-refractivity contribution in [3.05, 3.63) is 48.4 Å². The molecule has 2 aromatic carbocycles. The Morgan fingerprint density at radius 1 is 1.16 bits per heavy atom. The smallest absolute Gasteiger partial charge is 0.307 e. The molecule has 10 heteroatoms. The molecule has 0 saturated heterocycles. The minimum absolute atomic E-state index is 0.0679. The van der Waals surface area contributed by atoms with Gasteiger partial charge in [0.2, 0.25) is 11.7 Å². The maximum absolute atomic E-state index is 12.2. The zero-order chi connectivity index (χ0) is 21.8. The van der Waals surface area contributed by atoms with Gasteiger partial charge in [-0.1, -0.05) is 17.3 Å². The first-order valence-electron chi connectivity index (χ1n) is 9.34. The molecule has 0 bridgehead atoms. The molecular weight excluding hydrogens is 422 g/mol. The van der Waals surface area contributed by atoms with Gasteiger partial charge in [0.15, 0.2) is 18.1 Å². The number of hydrogen-bond donors (Lipinski definition) is 1. The number of ether oxygens (including phenoxy) is 3. The first-order chi connectivity index (χ1) is 15.1. The summed E-state index contributed by atoms with van der Waals surface area (Å²) in [6.45, 7) is -0.186. The number of anilines is 1. The number of hydrogen-bond acceptors (Lipinski definition) is 9. The summed E-state index contributed by atoms with van der Waals surface area (Å²) in [7, 11) is 3.08. The summed E-state index contributed by atoms with van der Waals surface area (Å²) in [5, 5.41) is 6.14. The lowest BCUT2D eigenvalue weighted by atomic mass is 10.2. The van der Waals surface area contributed by atoms with Crippen molar-refractivity contribution < 1.29 is 28.3 Å². The van der Waals surface area contributed by atoms with Crippen LogP contribution in [0.3, 0.4) is 0 Å². The van der Waals surface area contributed by atoms with Gasteiger partial charge in [0.1, 0.15) is 0 Å². The van der Waals surface area contributed by atoms with Crippen molar-refractivity contribution in [3.63, 3.8) is 0 Å². The average Bonchev–Trinajstić information content (AvgIpc) is 3.27. The van der Waals surface area contributed by atoms with Crippen molar-refractivity contribution in [1.82, 2.24) is 10.1 Å². The number of amides is 1. The Balaban J connectivity index is 1.35. The van der Waals surface area contributed by atoms with Gasteiger partial charge in [-0.2, -0.15) is 4.98 Å². The highest BCUT2D eigenvalue weighted by Gasteiger charge is 2.29. The third-order valence-electron chi connectivity index (χ3n) is 4.53. The monoisotopic (exact) mass is 441 g/mol. The van der Waals surface area contributed by atoms with E-state index in [4.69, 9.17) is 18.7 Å². The molecule has 9 nitrogen and oxygen atoms in total. The zero-order valence-corrected chi connectivity index (χ0v) is 17.6. The van der Waals surface area contributed by atoms with Crippen LogP contribution in [0.4, 0.5) is 5.69 Å². The number of nitrogens with one attached hydrogen (secondary N) is 1. The summed E-state index contributed by atoms with van der Waals surface area (Å²) in [5.74, 6) is 0.820. The molecule has 1 amide bonds. The molecule has 1 aliphatic rings. The van der Waals surface area contributed by atoms with Gasteiger partial charge in [-0.25, -0.2) is 0 Å². The Labute approximate surface area is 182 Å². The zero-order valence-electron chi connectivity index (χ0n) is 16.8. The van der Waals surface area contributed by atoms with Crippen LogP contribution < -0.4 is 14.8 Å².